The number of nitrogens with zero attached hydrogens (tertiary/aromatic N) is 4. The second kappa shape index (κ2) is 9.10. The number of carbonyl (C=O) groups is 4. The number of amides is 3. The van der Waals surface area contributed by atoms with Crippen LogP contribution in [-0.2, 0) is 9.59 Å². The van der Waals surface area contributed by atoms with Gasteiger partial charge in [-0.3, -0.25) is 28.9 Å². The molecular formula is C27H28N6O4. The van der Waals surface area contributed by atoms with Crippen LogP contribution in [0, 0.1) is 5.92 Å². The van der Waals surface area contributed by atoms with Gasteiger partial charge in [0.05, 0.1) is 34.6 Å². The minimum Gasteiger partial charge on any atom is -0.385 e. The van der Waals surface area contributed by atoms with Crippen molar-refractivity contribution >= 4 is 40.6 Å². The van der Waals surface area contributed by atoms with Gasteiger partial charge in [0.2, 0.25) is 5.91 Å². The highest BCUT2D eigenvalue weighted by atomic mass is 16.2. The molecule has 3 aliphatic rings. The maximum atomic E-state index is 13.0. The average molecular weight is 501 g/mol. The summed E-state index contributed by atoms with van der Waals surface area (Å²) in [6.07, 6.45) is 8.84. The van der Waals surface area contributed by atoms with Crippen LogP contribution in [0.25, 0.3) is 10.9 Å². The summed E-state index contributed by atoms with van der Waals surface area (Å²) in [5.74, 6) is -0.895. The SMILES string of the molecule is NC(=O)C(CCC=O)N1C(=O)c2ccc(NCC3CC(n4nc(C5CC5)c5ccncc54)C3)cc2C1=O. The normalized spacial score (nSPS) is 21.6. The Balaban J connectivity index is 1.10. The average Bonchev–Trinajstić information content (AvgIpc) is 3.61. The van der Waals surface area contributed by atoms with Crippen LogP contribution in [0.3, 0.4) is 0 Å². The number of aldehydes is 1. The third-order valence-corrected chi connectivity index (χ3v) is 7.77. The predicted octanol–water partition coefficient (Wildman–Crippen LogP) is 2.80. The number of carbonyl (C=O) groups excluding carboxylic acids is 4. The van der Waals surface area contributed by atoms with E-state index < -0.39 is 23.8 Å². The van der Waals surface area contributed by atoms with Crippen molar-refractivity contribution < 1.29 is 19.2 Å². The van der Waals surface area contributed by atoms with Gasteiger partial charge in [-0.2, -0.15) is 5.10 Å². The second-order valence-electron chi connectivity index (χ2n) is 10.3. The molecule has 3 N–H and O–H groups in total. The van der Waals surface area contributed by atoms with E-state index in [0.29, 0.717) is 24.2 Å². The number of hydrogen-bond donors (Lipinski definition) is 2. The number of fused-ring (bicyclic) bond motifs is 2. The molecule has 2 aromatic heterocycles. The van der Waals surface area contributed by atoms with Crippen molar-refractivity contribution in [3.63, 3.8) is 0 Å². The number of hydrogen-bond acceptors (Lipinski definition) is 7. The number of nitrogens with two attached hydrogens (primary N) is 1. The van der Waals surface area contributed by atoms with Crippen molar-refractivity contribution in [1.82, 2.24) is 19.7 Å². The smallest absolute Gasteiger partial charge is 0.262 e. The number of primary amides is 1. The Hall–Kier alpha value is -4.08. The lowest BCUT2D eigenvalue weighted by Crippen LogP contribution is -2.47. The highest BCUT2D eigenvalue weighted by Gasteiger charge is 2.42. The lowest BCUT2D eigenvalue weighted by atomic mass is 9.80. The fourth-order valence-corrected chi connectivity index (χ4v) is 5.55. The van der Waals surface area contributed by atoms with Gasteiger partial charge in [-0.15, -0.1) is 0 Å². The number of nitrogens with one attached hydrogen (secondary N) is 1. The highest BCUT2D eigenvalue weighted by molar-refractivity contribution is 6.23. The van der Waals surface area contributed by atoms with Gasteiger partial charge >= 0.3 is 0 Å². The Kier molecular flexibility index (Phi) is 5.73. The molecule has 0 bridgehead atoms. The molecule has 0 saturated heterocycles. The first-order valence-electron chi connectivity index (χ1n) is 12.8. The molecule has 3 amide bonds. The van der Waals surface area contributed by atoms with Gasteiger partial charge in [0.15, 0.2) is 0 Å². The van der Waals surface area contributed by atoms with Gasteiger partial charge in [-0.25, -0.2) is 0 Å². The van der Waals surface area contributed by atoms with Crippen molar-refractivity contribution in [3.05, 3.63) is 53.5 Å². The summed E-state index contributed by atoms with van der Waals surface area (Å²) in [4.78, 5) is 53.7. The minimum atomic E-state index is -1.14. The number of imide groups is 1. The molecule has 2 saturated carbocycles. The molecule has 2 aliphatic carbocycles. The van der Waals surface area contributed by atoms with E-state index in [-0.39, 0.29) is 24.0 Å². The van der Waals surface area contributed by atoms with Crippen molar-refractivity contribution in [1.29, 1.82) is 0 Å². The second-order valence-corrected chi connectivity index (χ2v) is 10.3. The van der Waals surface area contributed by atoms with Crippen LogP contribution in [0.2, 0.25) is 0 Å². The van der Waals surface area contributed by atoms with Crippen molar-refractivity contribution in [2.24, 2.45) is 11.7 Å². The summed E-state index contributed by atoms with van der Waals surface area (Å²) in [5.41, 5.74) is 8.95. The fourth-order valence-electron chi connectivity index (χ4n) is 5.55. The molecule has 190 valence electrons. The van der Waals surface area contributed by atoms with E-state index in [0.717, 1.165) is 35.5 Å². The van der Waals surface area contributed by atoms with Gasteiger partial charge in [-0.1, -0.05) is 0 Å². The predicted molar refractivity (Wildman–Crippen MR) is 135 cm³/mol. The Bertz CT molecular complexity index is 1420. The molecule has 1 aromatic carbocycles. The maximum Gasteiger partial charge on any atom is 0.262 e. The van der Waals surface area contributed by atoms with Gasteiger partial charge < -0.3 is 15.8 Å². The minimum absolute atomic E-state index is 0.0159. The van der Waals surface area contributed by atoms with E-state index in [2.05, 4.69) is 21.0 Å². The standard InChI is InChI=1S/C27H28N6O4/c28-25(35)22(2-1-9-34)32-26(36)19-6-5-17(12-21(19)27(32)37)30-13-15-10-18(11-15)33-23-14-29-8-7-20(23)24(31-33)16-3-4-16/h5-9,12,14-16,18,22,30H,1-4,10-11,13H2,(H2,28,35). The first kappa shape index (κ1) is 23.3. The Morgan fingerprint density at radius 2 is 1.95 bits per heavy atom. The van der Waals surface area contributed by atoms with Crippen LogP contribution in [-0.4, -0.2) is 56.3 Å². The summed E-state index contributed by atoms with van der Waals surface area (Å²) < 4.78 is 2.15. The van der Waals surface area contributed by atoms with E-state index in [1.807, 2.05) is 12.4 Å². The number of anilines is 1. The molecule has 3 heterocycles. The zero-order chi connectivity index (χ0) is 25.7. The van der Waals surface area contributed by atoms with E-state index >= 15 is 0 Å². The maximum absolute atomic E-state index is 13.0. The van der Waals surface area contributed by atoms with E-state index in [1.54, 1.807) is 18.2 Å². The summed E-state index contributed by atoms with van der Waals surface area (Å²) in [6, 6.07) is 6.28. The Morgan fingerprint density at radius 3 is 2.68 bits per heavy atom. The number of aromatic nitrogens is 3. The first-order chi connectivity index (χ1) is 18.0. The van der Waals surface area contributed by atoms with Crippen LogP contribution >= 0.6 is 0 Å². The molecule has 3 aromatic rings. The molecule has 37 heavy (non-hydrogen) atoms. The molecule has 1 atom stereocenters. The monoisotopic (exact) mass is 500 g/mol. The molecule has 0 radical (unpaired) electrons. The van der Waals surface area contributed by atoms with Crippen LogP contribution in [0.5, 0.6) is 0 Å². The zero-order valence-corrected chi connectivity index (χ0v) is 20.3. The molecule has 1 unspecified atom stereocenters. The van der Waals surface area contributed by atoms with Gasteiger partial charge in [0.1, 0.15) is 12.3 Å². The Morgan fingerprint density at radius 1 is 1.16 bits per heavy atom. The van der Waals surface area contributed by atoms with Crippen molar-refractivity contribution in [2.75, 3.05) is 11.9 Å². The van der Waals surface area contributed by atoms with Crippen LogP contribution in [0.15, 0.2) is 36.7 Å². The zero-order valence-electron chi connectivity index (χ0n) is 20.3. The van der Waals surface area contributed by atoms with Gasteiger partial charge in [0, 0.05) is 36.2 Å². The first-order valence-corrected chi connectivity index (χ1v) is 12.8. The molecule has 6 rings (SSSR count). The van der Waals surface area contributed by atoms with Gasteiger partial charge in [-0.05, 0) is 62.3 Å². The number of rotatable bonds is 10. The lowest BCUT2D eigenvalue weighted by molar-refractivity contribution is -0.122. The Labute approximate surface area is 213 Å². The summed E-state index contributed by atoms with van der Waals surface area (Å²) in [7, 11) is 0. The van der Waals surface area contributed by atoms with Crippen molar-refractivity contribution in [3.8, 4) is 0 Å². The van der Waals surface area contributed by atoms with Crippen LogP contribution < -0.4 is 11.1 Å². The van der Waals surface area contributed by atoms with E-state index in [9.17, 15) is 19.2 Å². The molecule has 1 aliphatic heterocycles. The topological polar surface area (TPSA) is 140 Å². The van der Waals surface area contributed by atoms with Crippen molar-refractivity contribution in [2.45, 2.75) is 56.5 Å². The van der Waals surface area contributed by atoms with E-state index in [1.165, 1.54) is 23.9 Å². The molecular weight excluding hydrogens is 472 g/mol. The lowest BCUT2D eigenvalue weighted by Gasteiger charge is -2.36. The summed E-state index contributed by atoms with van der Waals surface area (Å²) in [5, 5.41) is 9.57. The third-order valence-electron chi connectivity index (χ3n) is 7.77. The molecule has 0 spiro atoms. The van der Waals surface area contributed by atoms with Crippen LogP contribution in [0.1, 0.15) is 76.9 Å². The molecule has 10 nitrogen and oxygen atoms in total. The highest BCUT2D eigenvalue weighted by Crippen LogP contribution is 2.45. The quantitative estimate of drug-likeness (QED) is 0.322. The van der Waals surface area contributed by atoms with Crippen LogP contribution in [0.4, 0.5) is 5.69 Å². The fraction of sp³-hybridized carbons (Fsp3) is 0.407. The molecule has 10 heteroatoms. The summed E-state index contributed by atoms with van der Waals surface area (Å²) in [6.45, 7) is 0.733. The van der Waals surface area contributed by atoms with E-state index in [4.69, 9.17) is 10.8 Å². The molecule has 2 fully saturated rings. The number of pyridine rings is 1. The largest absolute Gasteiger partial charge is 0.385 e. The number of benzene rings is 1. The summed E-state index contributed by atoms with van der Waals surface area (Å²) >= 11 is 0. The third kappa shape index (κ3) is 4.06. The van der Waals surface area contributed by atoms with Gasteiger partial charge in [0.25, 0.3) is 11.8 Å².